The molecule has 41 heavy (non-hydrogen) atoms. The third kappa shape index (κ3) is 8.50. The molecule has 0 aliphatic carbocycles. The van der Waals surface area contributed by atoms with Gasteiger partial charge in [-0.05, 0) is 66.0 Å². The molecule has 0 spiro atoms. The van der Waals surface area contributed by atoms with E-state index in [4.69, 9.17) is 47.5 Å². The van der Waals surface area contributed by atoms with E-state index in [1.165, 1.54) is 51.1 Å². The fourth-order valence-corrected chi connectivity index (χ4v) is 8.90. The second-order valence-corrected chi connectivity index (χ2v) is 16.4. The van der Waals surface area contributed by atoms with Crippen LogP contribution in [-0.4, -0.2) is 48.6 Å². The van der Waals surface area contributed by atoms with Crippen molar-refractivity contribution in [2.45, 2.75) is 47.0 Å². The Kier molecular flexibility index (Phi) is 12.8. The van der Waals surface area contributed by atoms with Gasteiger partial charge in [0.1, 0.15) is 4.62 Å². The van der Waals surface area contributed by atoms with Crippen LogP contribution in [0.3, 0.4) is 0 Å². The molecule has 0 radical (unpaired) electrons. The van der Waals surface area contributed by atoms with Gasteiger partial charge in [0.2, 0.25) is 0 Å². The zero-order valence-electron chi connectivity index (χ0n) is 24.5. The Morgan fingerprint density at radius 1 is 0.951 bits per heavy atom. The molecule has 0 aliphatic heterocycles. The van der Waals surface area contributed by atoms with Crippen molar-refractivity contribution in [3.05, 3.63) is 39.6 Å². The predicted molar refractivity (Wildman–Crippen MR) is 175 cm³/mol. The van der Waals surface area contributed by atoms with Crippen LogP contribution in [0.15, 0.2) is 28.2 Å². The summed E-state index contributed by atoms with van der Waals surface area (Å²) < 4.78 is 46.2. The van der Waals surface area contributed by atoms with Gasteiger partial charge in [-0.15, -0.1) is 11.3 Å². The van der Waals surface area contributed by atoms with Crippen molar-refractivity contribution < 1.29 is 27.2 Å². The molecule has 18 heteroatoms. The lowest BCUT2D eigenvalue weighted by molar-refractivity contribution is 0.282. The number of hydrogen-bond donors (Lipinski definition) is 4. The Bertz CT molecular complexity index is 1420. The van der Waals surface area contributed by atoms with E-state index in [-0.39, 0.29) is 10.2 Å². The molecule has 0 aromatic carbocycles. The topological polar surface area (TPSA) is 145 Å². The van der Waals surface area contributed by atoms with E-state index < -0.39 is 20.6 Å². The van der Waals surface area contributed by atoms with Crippen molar-refractivity contribution in [1.82, 2.24) is 25.9 Å². The van der Waals surface area contributed by atoms with Crippen LogP contribution in [0, 0.1) is 6.92 Å². The lowest BCUT2D eigenvalue weighted by atomic mass is 9.86. The number of nitrogens with zero attached hydrogens (tertiary/aromatic N) is 2. The predicted octanol–water partition coefficient (Wildman–Crippen LogP) is 6.02. The van der Waals surface area contributed by atoms with E-state index in [9.17, 15) is 9.13 Å². The van der Waals surface area contributed by atoms with Gasteiger partial charge in [0, 0.05) is 50.6 Å². The molecule has 0 bridgehead atoms. The summed E-state index contributed by atoms with van der Waals surface area (Å²) in [4.78, 5) is 9.21. The summed E-state index contributed by atoms with van der Waals surface area (Å²) in [6, 6.07) is 0. The van der Waals surface area contributed by atoms with E-state index in [0.717, 1.165) is 11.4 Å². The fraction of sp³-hybridized carbons (Fsp3) is 0.478. The second kappa shape index (κ2) is 14.7. The van der Waals surface area contributed by atoms with Crippen LogP contribution >= 0.6 is 62.3 Å². The summed E-state index contributed by atoms with van der Waals surface area (Å²) in [6.45, 7) is 11.0. The molecular formula is C23H36N6O6P2S4. The Hall–Kier alpha value is -1.58. The molecule has 2 rings (SSSR count). The standard InChI is InChI=1S/C23H36N6O6P2S4/c1-11-16(26-20(39)28-19(38)24-13(2)15(4)36(30,32-7)33-8)23(5,6)17-12-40-21(27-17)29-22-25-14(3)18(41-22)37(31,34-9)35-10/h11-12H,1-10H3,(H,25,27,29)(H3,24,26,28,38,39)/b15-13+,16-11-. The monoisotopic (exact) mass is 682 g/mol. The van der Waals surface area contributed by atoms with E-state index in [2.05, 4.69) is 26.3 Å². The molecule has 2 aromatic heterocycles. The molecule has 0 saturated heterocycles. The van der Waals surface area contributed by atoms with Gasteiger partial charge in [-0.3, -0.25) is 9.13 Å². The number of aryl methyl sites for hydroxylation is 1. The Morgan fingerprint density at radius 2 is 1.54 bits per heavy atom. The molecule has 2 aromatic rings. The molecule has 2 heterocycles. The molecule has 0 unspecified atom stereocenters. The first kappa shape index (κ1) is 35.6. The van der Waals surface area contributed by atoms with Gasteiger partial charge < -0.3 is 39.4 Å². The van der Waals surface area contributed by atoms with Gasteiger partial charge in [-0.2, -0.15) is 0 Å². The highest BCUT2D eigenvalue weighted by Crippen LogP contribution is 2.55. The van der Waals surface area contributed by atoms with E-state index in [1.807, 2.05) is 32.2 Å². The number of anilines is 2. The van der Waals surface area contributed by atoms with E-state index in [1.54, 1.807) is 20.8 Å². The minimum absolute atomic E-state index is 0.205. The molecule has 0 aliphatic rings. The average Bonchev–Trinajstić information content (AvgIpc) is 3.57. The lowest BCUT2D eigenvalue weighted by Crippen LogP contribution is -2.46. The molecule has 4 N–H and O–H groups in total. The van der Waals surface area contributed by atoms with Crippen LogP contribution in [0.4, 0.5) is 10.3 Å². The number of allylic oxidation sites excluding steroid dienone is 4. The first-order valence-corrected chi connectivity index (χ1v) is 17.6. The summed E-state index contributed by atoms with van der Waals surface area (Å²) in [5.41, 5.74) is 2.08. The van der Waals surface area contributed by atoms with Crippen molar-refractivity contribution in [3.8, 4) is 0 Å². The number of nitrogens with one attached hydrogen (secondary N) is 4. The number of hydrogen-bond acceptors (Lipinski definition) is 13. The molecule has 12 nitrogen and oxygen atoms in total. The number of rotatable bonds is 12. The van der Waals surface area contributed by atoms with E-state index in [0.29, 0.717) is 31.6 Å². The second-order valence-electron chi connectivity index (χ2n) is 8.87. The van der Waals surface area contributed by atoms with E-state index >= 15 is 0 Å². The van der Waals surface area contributed by atoms with Gasteiger partial charge in [0.25, 0.3) is 0 Å². The van der Waals surface area contributed by atoms with Gasteiger partial charge >= 0.3 is 15.2 Å². The highest BCUT2D eigenvalue weighted by Gasteiger charge is 2.32. The molecule has 0 saturated carbocycles. The van der Waals surface area contributed by atoms with Crippen LogP contribution in [-0.2, 0) is 32.6 Å². The van der Waals surface area contributed by atoms with Crippen LogP contribution in [0.1, 0.15) is 46.0 Å². The SMILES string of the molecule is C/C=C(\NC(=S)NC(=S)N/C(C)=C(\C)P(=O)(OC)OC)C(C)(C)c1csc(Nc2nc(C)c(P(=O)(OC)OC)s2)n1. The van der Waals surface area contributed by atoms with Crippen LogP contribution in [0.2, 0.25) is 0 Å². The minimum atomic E-state index is -3.42. The van der Waals surface area contributed by atoms with Gasteiger partial charge in [0.05, 0.1) is 16.7 Å². The summed E-state index contributed by atoms with van der Waals surface area (Å²) in [6.07, 6.45) is 1.91. The van der Waals surface area contributed by atoms with Crippen molar-refractivity contribution in [1.29, 1.82) is 0 Å². The van der Waals surface area contributed by atoms with Gasteiger partial charge in [-0.1, -0.05) is 17.4 Å². The van der Waals surface area contributed by atoms with Crippen molar-refractivity contribution >= 4 is 87.4 Å². The summed E-state index contributed by atoms with van der Waals surface area (Å²) >= 11 is 13.5. The Morgan fingerprint density at radius 3 is 2.07 bits per heavy atom. The average molecular weight is 683 g/mol. The first-order chi connectivity index (χ1) is 19.1. The van der Waals surface area contributed by atoms with Crippen molar-refractivity contribution in [2.24, 2.45) is 0 Å². The minimum Gasteiger partial charge on any atom is -0.336 e. The third-order valence-electron chi connectivity index (χ3n) is 6.03. The van der Waals surface area contributed by atoms with Gasteiger partial charge in [0.15, 0.2) is 20.5 Å². The smallest absolute Gasteiger partial charge is 0.336 e. The number of thiazole rings is 2. The van der Waals surface area contributed by atoms with Crippen LogP contribution in [0.5, 0.6) is 0 Å². The molecule has 0 amide bonds. The zero-order chi connectivity index (χ0) is 31.2. The zero-order valence-corrected chi connectivity index (χ0v) is 29.6. The Labute approximate surface area is 259 Å². The molecular weight excluding hydrogens is 647 g/mol. The Balaban J connectivity index is 2.12. The molecule has 228 valence electrons. The first-order valence-electron chi connectivity index (χ1n) is 12.0. The summed E-state index contributed by atoms with van der Waals surface area (Å²) in [5, 5.41) is 16.2. The maximum Gasteiger partial charge on any atom is 0.372 e. The number of thiocarbonyl (C=S) groups is 2. The maximum absolute atomic E-state index is 12.8. The van der Waals surface area contributed by atoms with Crippen molar-refractivity contribution in [3.63, 3.8) is 0 Å². The fourth-order valence-electron chi connectivity index (χ4n) is 3.48. The lowest BCUT2D eigenvalue weighted by Gasteiger charge is -2.28. The summed E-state index contributed by atoms with van der Waals surface area (Å²) in [7, 11) is -1.50. The molecule has 0 atom stereocenters. The third-order valence-corrected chi connectivity index (χ3v) is 12.9. The highest BCUT2D eigenvalue weighted by atomic mass is 32.1. The summed E-state index contributed by atoms with van der Waals surface area (Å²) in [5.74, 6) is 0. The molecule has 0 fully saturated rings. The largest absolute Gasteiger partial charge is 0.372 e. The quantitative estimate of drug-likeness (QED) is 0.153. The van der Waals surface area contributed by atoms with Crippen molar-refractivity contribution in [2.75, 3.05) is 33.8 Å². The highest BCUT2D eigenvalue weighted by molar-refractivity contribution is 7.81. The van der Waals surface area contributed by atoms with Crippen LogP contribution < -0.4 is 25.9 Å². The van der Waals surface area contributed by atoms with Crippen LogP contribution in [0.25, 0.3) is 0 Å². The number of aromatic nitrogens is 2. The normalized spacial score (nSPS) is 13.5. The van der Waals surface area contributed by atoms with Gasteiger partial charge in [-0.25, -0.2) is 9.97 Å². The maximum atomic E-state index is 12.8.